The Labute approximate surface area is 108 Å². The van der Waals surface area contributed by atoms with E-state index in [9.17, 15) is 13.2 Å². The summed E-state index contributed by atoms with van der Waals surface area (Å²) >= 11 is 0. The monoisotopic (exact) mass is 266 g/mol. The normalized spacial score (nSPS) is 22.1. The van der Waals surface area contributed by atoms with Crippen LogP contribution < -0.4 is 0 Å². The fraction of sp³-hybridized carbons (Fsp3) is 0.500. The van der Waals surface area contributed by atoms with Crippen LogP contribution >= 0.6 is 0 Å². The zero-order valence-electron chi connectivity index (χ0n) is 11.0. The van der Waals surface area contributed by atoms with Crippen LogP contribution in [0.4, 0.5) is 0 Å². The number of hydrogen-bond acceptors (Lipinski definition) is 3. The number of carbonyl (C=O) groups is 1. The lowest BCUT2D eigenvalue weighted by atomic mass is 9.90. The molecule has 18 heavy (non-hydrogen) atoms. The van der Waals surface area contributed by atoms with E-state index in [0.717, 1.165) is 16.7 Å². The summed E-state index contributed by atoms with van der Waals surface area (Å²) < 4.78 is 22.9. The minimum Gasteiger partial charge on any atom is -0.294 e. The lowest BCUT2D eigenvalue weighted by Crippen LogP contribution is -2.18. The van der Waals surface area contributed by atoms with Crippen LogP contribution in [0.25, 0.3) is 0 Å². The largest absolute Gasteiger partial charge is 0.294 e. The Balaban J connectivity index is 2.36. The topological polar surface area (TPSA) is 51.2 Å². The highest BCUT2D eigenvalue weighted by atomic mass is 32.2. The maximum Gasteiger partial charge on any atom is 0.167 e. The molecule has 4 heteroatoms. The highest BCUT2D eigenvalue weighted by molar-refractivity contribution is 7.91. The number of sulfone groups is 1. The summed E-state index contributed by atoms with van der Waals surface area (Å²) in [6.45, 7) is 5.82. The van der Waals surface area contributed by atoms with Gasteiger partial charge < -0.3 is 0 Å². The van der Waals surface area contributed by atoms with Crippen LogP contribution in [0.1, 0.15) is 33.5 Å². The van der Waals surface area contributed by atoms with E-state index in [2.05, 4.69) is 0 Å². The quantitative estimate of drug-likeness (QED) is 0.771. The van der Waals surface area contributed by atoms with Crippen molar-refractivity contribution < 1.29 is 13.2 Å². The third-order valence-electron chi connectivity index (χ3n) is 3.53. The highest BCUT2D eigenvalue weighted by Gasteiger charge is 2.34. The average molecular weight is 266 g/mol. The van der Waals surface area contributed by atoms with Gasteiger partial charge in [-0.3, -0.25) is 4.79 Å². The van der Waals surface area contributed by atoms with E-state index in [1.165, 1.54) is 0 Å². The molecule has 1 atom stereocenters. The molecule has 0 spiro atoms. The van der Waals surface area contributed by atoms with Gasteiger partial charge in [0.1, 0.15) is 0 Å². The van der Waals surface area contributed by atoms with E-state index in [4.69, 9.17) is 0 Å². The summed E-state index contributed by atoms with van der Waals surface area (Å²) in [7, 11) is -3.00. The number of Topliss-reactive ketones (excluding diaryl/α,β-unsaturated/α-hetero) is 1. The number of rotatable bonds is 2. The molecule has 0 saturated carbocycles. The van der Waals surface area contributed by atoms with E-state index in [-0.39, 0.29) is 23.2 Å². The van der Waals surface area contributed by atoms with E-state index >= 15 is 0 Å². The van der Waals surface area contributed by atoms with Gasteiger partial charge in [-0.25, -0.2) is 8.42 Å². The van der Waals surface area contributed by atoms with Crippen molar-refractivity contribution in [3.05, 3.63) is 34.4 Å². The molecule has 1 aliphatic rings. The van der Waals surface area contributed by atoms with Gasteiger partial charge in [0.25, 0.3) is 0 Å². The third-order valence-corrected chi connectivity index (χ3v) is 5.29. The predicted molar refractivity (Wildman–Crippen MR) is 71.7 cm³/mol. The van der Waals surface area contributed by atoms with Crippen molar-refractivity contribution in [2.24, 2.45) is 5.92 Å². The van der Waals surface area contributed by atoms with Crippen LogP contribution in [0.15, 0.2) is 12.1 Å². The molecule has 1 aromatic carbocycles. The molecule has 1 aromatic rings. The van der Waals surface area contributed by atoms with Gasteiger partial charge in [0.05, 0.1) is 11.5 Å². The minimum absolute atomic E-state index is 0.00826. The second-order valence-corrected chi connectivity index (χ2v) is 7.47. The van der Waals surface area contributed by atoms with Crippen LogP contribution in [0.2, 0.25) is 0 Å². The van der Waals surface area contributed by atoms with Crippen molar-refractivity contribution in [2.45, 2.75) is 27.2 Å². The standard InChI is InChI=1S/C14H18O3S/c1-9-6-10(2)13(11(3)7-9)14(15)12-4-5-18(16,17)8-12/h6-7,12H,4-5,8H2,1-3H3. The van der Waals surface area contributed by atoms with Gasteiger partial charge in [0, 0.05) is 11.5 Å². The molecule has 0 bridgehead atoms. The maximum atomic E-state index is 12.4. The van der Waals surface area contributed by atoms with Gasteiger partial charge in [-0.05, 0) is 38.3 Å². The molecule has 98 valence electrons. The molecular weight excluding hydrogens is 248 g/mol. The first-order valence-electron chi connectivity index (χ1n) is 6.12. The fourth-order valence-corrected chi connectivity index (χ4v) is 4.52. The summed E-state index contributed by atoms with van der Waals surface area (Å²) in [6, 6.07) is 3.95. The Morgan fingerprint density at radius 1 is 1.17 bits per heavy atom. The lowest BCUT2D eigenvalue weighted by molar-refractivity contribution is 0.0932. The zero-order chi connectivity index (χ0) is 13.5. The summed E-state index contributed by atoms with van der Waals surface area (Å²) in [4.78, 5) is 12.4. The first kappa shape index (κ1) is 13.3. The molecule has 1 heterocycles. The van der Waals surface area contributed by atoms with Crippen LogP contribution in [0, 0.1) is 26.7 Å². The first-order chi connectivity index (χ1) is 8.30. The van der Waals surface area contributed by atoms with E-state index < -0.39 is 9.84 Å². The Bertz CT molecular complexity index is 576. The van der Waals surface area contributed by atoms with Gasteiger partial charge in [-0.2, -0.15) is 0 Å². The highest BCUT2D eigenvalue weighted by Crippen LogP contribution is 2.26. The van der Waals surface area contributed by atoms with Crippen molar-refractivity contribution >= 4 is 15.6 Å². The molecule has 3 nitrogen and oxygen atoms in total. The van der Waals surface area contributed by atoms with E-state index in [1.807, 2.05) is 32.9 Å². The van der Waals surface area contributed by atoms with Crippen LogP contribution in [0.3, 0.4) is 0 Å². The Morgan fingerprint density at radius 3 is 2.17 bits per heavy atom. The Kier molecular flexibility index (Phi) is 3.32. The molecule has 1 fully saturated rings. The smallest absolute Gasteiger partial charge is 0.167 e. The predicted octanol–water partition coefficient (Wildman–Crippen LogP) is 2.23. The molecule has 0 aromatic heterocycles. The number of benzene rings is 1. The second kappa shape index (κ2) is 4.50. The summed E-state index contributed by atoms with van der Waals surface area (Å²) in [6.07, 6.45) is 0.466. The average Bonchev–Trinajstić information content (AvgIpc) is 2.57. The van der Waals surface area contributed by atoms with Crippen LogP contribution in [-0.4, -0.2) is 25.7 Å². The molecule has 0 amide bonds. The zero-order valence-corrected chi connectivity index (χ0v) is 11.8. The third kappa shape index (κ3) is 2.48. The maximum absolute atomic E-state index is 12.4. The molecule has 1 unspecified atom stereocenters. The summed E-state index contributed by atoms with van der Waals surface area (Å²) in [5.41, 5.74) is 3.73. The SMILES string of the molecule is Cc1cc(C)c(C(=O)C2CCS(=O)(=O)C2)c(C)c1. The van der Waals surface area contributed by atoms with Crippen LogP contribution in [-0.2, 0) is 9.84 Å². The Hall–Kier alpha value is -1.16. The van der Waals surface area contributed by atoms with Gasteiger partial charge >= 0.3 is 0 Å². The second-order valence-electron chi connectivity index (χ2n) is 5.24. The molecule has 1 aliphatic heterocycles. The van der Waals surface area contributed by atoms with E-state index in [1.54, 1.807) is 0 Å². The fourth-order valence-electron chi connectivity index (χ4n) is 2.77. The minimum atomic E-state index is -3.00. The van der Waals surface area contributed by atoms with Crippen molar-refractivity contribution in [1.82, 2.24) is 0 Å². The molecule has 0 aliphatic carbocycles. The lowest BCUT2D eigenvalue weighted by Gasteiger charge is -2.13. The van der Waals surface area contributed by atoms with Crippen molar-refractivity contribution in [3.63, 3.8) is 0 Å². The van der Waals surface area contributed by atoms with Crippen molar-refractivity contribution in [2.75, 3.05) is 11.5 Å². The molecule has 2 rings (SSSR count). The first-order valence-corrected chi connectivity index (χ1v) is 7.95. The number of aryl methyl sites for hydroxylation is 3. The molecule has 1 saturated heterocycles. The number of hydrogen-bond donors (Lipinski definition) is 0. The van der Waals surface area contributed by atoms with E-state index in [0.29, 0.717) is 12.0 Å². The molecule has 0 N–H and O–H groups in total. The van der Waals surface area contributed by atoms with Gasteiger partial charge in [0.2, 0.25) is 0 Å². The van der Waals surface area contributed by atoms with Crippen molar-refractivity contribution in [3.8, 4) is 0 Å². The van der Waals surface area contributed by atoms with Crippen molar-refractivity contribution in [1.29, 1.82) is 0 Å². The number of carbonyl (C=O) groups excluding carboxylic acids is 1. The molecule has 0 radical (unpaired) electrons. The van der Waals surface area contributed by atoms with Crippen LogP contribution in [0.5, 0.6) is 0 Å². The Morgan fingerprint density at radius 2 is 1.72 bits per heavy atom. The number of ketones is 1. The summed E-state index contributed by atoms with van der Waals surface area (Å²) in [5.74, 6) is -0.201. The van der Waals surface area contributed by atoms with Gasteiger partial charge in [0.15, 0.2) is 15.6 Å². The summed E-state index contributed by atoms with van der Waals surface area (Å²) in [5, 5.41) is 0. The molecular formula is C14H18O3S. The van der Waals surface area contributed by atoms with Gasteiger partial charge in [-0.1, -0.05) is 17.7 Å². The van der Waals surface area contributed by atoms with Gasteiger partial charge in [-0.15, -0.1) is 0 Å².